The fourth-order valence-electron chi connectivity index (χ4n) is 2.98. The Hall–Kier alpha value is -1.96. The second kappa shape index (κ2) is 7.73. The van der Waals surface area contributed by atoms with E-state index in [1.54, 1.807) is 18.2 Å². The van der Waals surface area contributed by atoms with E-state index in [9.17, 15) is 22.8 Å². The van der Waals surface area contributed by atoms with E-state index < -0.39 is 43.0 Å². The van der Waals surface area contributed by atoms with E-state index in [2.05, 4.69) is 0 Å². The number of amides is 1. The van der Waals surface area contributed by atoms with Gasteiger partial charge in [-0.2, -0.15) is 13.2 Å². The highest BCUT2D eigenvalue weighted by atomic mass is 35.5. The fourth-order valence-corrected chi connectivity index (χ4v) is 2.98. The molecule has 1 aliphatic carbocycles. The van der Waals surface area contributed by atoms with Crippen molar-refractivity contribution in [3.8, 4) is 5.75 Å². The summed E-state index contributed by atoms with van der Waals surface area (Å²) in [5, 5.41) is 9.06. The van der Waals surface area contributed by atoms with Gasteiger partial charge in [0.2, 0.25) is 0 Å². The van der Waals surface area contributed by atoms with Crippen LogP contribution in [0.25, 0.3) is 0 Å². The van der Waals surface area contributed by atoms with Crippen molar-refractivity contribution >= 4 is 24.3 Å². The number of para-hydroxylation sites is 1. The number of benzene rings is 1. The Morgan fingerprint density at radius 3 is 2.38 bits per heavy atom. The number of hydrogen-bond acceptors (Lipinski definition) is 3. The van der Waals surface area contributed by atoms with Gasteiger partial charge in [-0.15, -0.1) is 12.4 Å². The summed E-state index contributed by atoms with van der Waals surface area (Å²) in [7, 11) is 0. The van der Waals surface area contributed by atoms with Crippen LogP contribution >= 0.6 is 12.4 Å². The molecule has 0 aromatic heterocycles. The predicted molar refractivity (Wildman–Crippen MR) is 88.5 cm³/mol. The van der Waals surface area contributed by atoms with E-state index in [0.29, 0.717) is 18.3 Å². The number of alkyl halides is 3. The molecule has 1 saturated carbocycles. The summed E-state index contributed by atoms with van der Waals surface area (Å²) in [6.45, 7) is -0.654. The summed E-state index contributed by atoms with van der Waals surface area (Å²) < 4.78 is 44.9. The lowest BCUT2D eigenvalue weighted by Crippen LogP contribution is -2.34. The lowest BCUT2D eigenvalue weighted by atomic mass is 9.96. The molecule has 0 spiro atoms. The molecule has 1 amide bonds. The number of halogens is 4. The molecule has 1 saturated heterocycles. The van der Waals surface area contributed by atoms with Crippen molar-refractivity contribution in [2.45, 2.75) is 19.0 Å². The molecule has 1 aromatic carbocycles. The van der Waals surface area contributed by atoms with Gasteiger partial charge in [-0.25, -0.2) is 0 Å². The summed E-state index contributed by atoms with van der Waals surface area (Å²) in [6.07, 6.45) is -2.54. The number of likely N-dealkylation sites (tertiary alicyclic amines) is 1. The van der Waals surface area contributed by atoms with Crippen LogP contribution in [0.4, 0.5) is 13.2 Å². The molecule has 144 valence electrons. The molecule has 3 rings (SSSR count). The maximum absolute atomic E-state index is 13.1. The van der Waals surface area contributed by atoms with Crippen LogP contribution < -0.4 is 4.74 Å². The maximum Gasteiger partial charge on any atom is 0.394 e. The SMILES string of the molecule is Cl.O=C(O)[C@@H]1CN(C(=O)c2ccccc2OCC2CC2)C[C@H]1C(F)(F)F. The largest absolute Gasteiger partial charge is 0.492 e. The van der Waals surface area contributed by atoms with E-state index in [1.165, 1.54) is 6.07 Å². The van der Waals surface area contributed by atoms with E-state index >= 15 is 0 Å². The zero-order chi connectivity index (χ0) is 18.2. The fraction of sp³-hybridized carbons (Fsp3) is 0.529. The van der Waals surface area contributed by atoms with Gasteiger partial charge in [0, 0.05) is 13.1 Å². The Bertz CT molecular complexity index is 678. The molecule has 0 unspecified atom stereocenters. The Morgan fingerprint density at radius 1 is 1.19 bits per heavy atom. The van der Waals surface area contributed by atoms with E-state index in [1.807, 2.05) is 0 Å². The third-order valence-corrected chi connectivity index (χ3v) is 4.63. The minimum absolute atomic E-state index is 0. The molecule has 1 aliphatic heterocycles. The summed E-state index contributed by atoms with van der Waals surface area (Å²) in [5.41, 5.74) is 0.162. The van der Waals surface area contributed by atoms with Gasteiger partial charge < -0.3 is 14.7 Å². The first-order chi connectivity index (χ1) is 11.8. The number of hydrogen-bond donors (Lipinski definition) is 1. The lowest BCUT2D eigenvalue weighted by Gasteiger charge is -2.19. The minimum atomic E-state index is -4.67. The van der Waals surface area contributed by atoms with Crippen molar-refractivity contribution in [2.75, 3.05) is 19.7 Å². The summed E-state index contributed by atoms with van der Waals surface area (Å²) in [4.78, 5) is 24.8. The Morgan fingerprint density at radius 2 is 1.85 bits per heavy atom. The third kappa shape index (κ3) is 4.41. The van der Waals surface area contributed by atoms with Crippen molar-refractivity contribution in [1.82, 2.24) is 4.90 Å². The highest BCUT2D eigenvalue weighted by molar-refractivity contribution is 5.97. The Labute approximate surface area is 154 Å². The molecule has 2 fully saturated rings. The van der Waals surface area contributed by atoms with Gasteiger partial charge in [0.25, 0.3) is 5.91 Å². The maximum atomic E-state index is 13.1. The summed E-state index contributed by atoms with van der Waals surface area (Å²) in [6, 6.07) is 6.37. The van der Waals surface area contributed by atoms with Crippen LogP contribution in [-0.4, -0.2) is 47.8 Å². The summed E-state index contributed by atoms with van der Waals surface area (Å²) >= 11 is 0. The predicted octanol–water partition coefficient (Wildman–Crippen LogP) is 3.23. The average Bonchev–Trinajstić information content (AvgIpc) is 3.26. The topological polar surface area (TPSA) is 66.8 Å². The number of carbonyl (C=O) groups is 2. The molecule has 1 N–H and O–H groups in total. The van der Waals surface area contributed by atoms with Crippen molar-refractivity contribution in [1.29, 1.82) is 0 Å². The molecule has 0 bridgehead atoms. The molecule has 1 aromatic rings. The second-order valence-corrected chi connectivity index (χ2v) is 6.55. The standard InChI is InChI=1S/C17H18F3NO4.ClH/c18-17(19,20)13-8-21(7-12(13)16(23)24)15(22)11-3-1-2-4-14(11)25-9-10-5-6-10;/h1-4,10,12-13H,5-9H2,(H,23,24);1H/t12-,13-;/m1./s1. The smallest absolute Gasteiger partial charge is 0.394 e. The first-order valence-corrected chi connectivity index (χ1v) is 8.08. The van der Waals surface area contributed by atoms with Crippen molar-refractivity contribution < 1.29 is 32.6 Å². The molecule has 1 heterocycles. The third-order valence-electron chi connectivity index (χ3n) is 4.63. The zero-order valence-corrected chi connectivity index (χ0v) is 14.6. The second-order valence-electron chi connectivity index (χ2n) is 6.55. The molecule has 26 heavy (non-hydrogen) atoms. The van der Waals surface area contributed by atoms with E-state index in [-0.39, 0.29) is 18.0 Å². The summed E-state index contributed by atoms with van der Waals surface area (Å²) in [5.74, 6) is -5.11. The number of carbonyl (C=O) groups excluding carboxylic acids is 1. The number of nitrogens with zero attached hydrogens (tertiary/aromatic N) is 1. The number of ether oxygens (including phenoxy) is 1. The van der Waals surface area contributed by atoms with Crippen LogP contribution in [-0.2, 0) is 4.79 Å². The highest BCUT2D eigenvalue weighted by Gasteiger charge is 2.53. The van der Waals surface area contributed by atoms with Gasteiger partial charge in [-0.1, -0.05) is 12.1 Å². The molecule has 0 radical (unpaired) electrons. The van der Waals surface area contributed by atoms with Gasteiger partial charge in [-0.05, 0) is 30.9 Å². The van der Waals surface area contributed by atoms with Gasteiger partial charge in [0.1, 0.15) is 5.75 Å². The van der Waals surface area contributed by atoms with E-state index in [4.69, 9.17) is 9.84 Å². The zero-order valence-electron chi connectivity index (χ0n) is 13.7. The first kappa shape index (κ1) is 20.4. The van der Waals surface area contributed by atoms with Crippen LogP contribution in [0.3, 0.4) is 0 Å². The van der Waals surface area contributed by atoms with Crippen LogP contribution in [0.1, 0.15) is 23.2 Å². The first-order valence-electron chi connectivity index (χ1n) is 8.08. The molecule has 2 aliphatic rings. The molecule has 2 atom stereocenters. The average molecular weight is 394 g/mol. The number of carboxylic acid groups (broad SMARTS) is 1. The van der Waals surface area contributed by atoms with Crippen molar-refractivity contribution in [3.63, 3.8) is 0 Å². The monoisotopic (exact) mass is 393 g/mol. The van der Waals surface area contributed by atoms with Crippen LogP contribution in [0.2, 0.25) is 0 Å². The number of aliphatic carboxylic acids is 1. The van der Waals surface area contributed by atoms with E-state index in [0.717, 1.165) is 17.7 Å². The van der Waals surface area contributed by atoms with Gasteiger partial charge in [-0.3, -0.25) is 9.59 Å². The Balaban J connectivity index is 0.00000243. The van der Waals surface area contributed by atoms with Crippen molar-refractivity contribution in [2.24, 2.45) is 17.8 Å². The van der Waals surface area contributed by atoms with Crippen LogP contribution in [0.5, 0.6) is 5.75 Å². The molecular weight excluding hydrogens is 375 g/mol. The quantitative estimate of drug-likeness (QED) is 0.834. The van der Waals surface area contributed by atoms with Gasteiger partial charge in [0.05, 0.1) is 24.0 Å². The van der Waals surface area contributed by atoms with Gasteiger partial charge >= 0.3 is 12.1 Å². The van der Waals surface area contributed by atoms with Crippen LogP contribution in [0.15, 0.2) is 24.3 Å². The normalized spacial score (nSPS) is 22.7. The Kier molecular flexibility index (Phi) is 6.05. The van der Waals surface area contributed by atoms with Crippen LogP contribution in [0, 0.1) is 17.8 Å². The lowest BCUT2D eigenvalue weighted by molar-refractivity contribution is -0.187. The minimum Gasteiger partial charge on any atom is -0.492 e. The van der Waals surface area contributed by atoms with Crippen molar-refractivity contribution in [3.05, 3.63) is 29.8 Å². The molecule has 9 heteroatoms. The van der Waals surface area contributed by atoms with Gasteiger partial charge in [0.15, 0.2) is 0 Å². The molecule has 5 nitrogen and oxygen atoms in total. The number of rotatable bonds is 5. The number of carboxylic acids is 1. The molecular formula is C17H19ClF3NO4. The highest BCUT2D eigenvalue weighted by Crippen LogP contribution is 2.39.